The lowest BCUT2D eigenvalue weighted by atomic mass is 9.81. The predicted octanol–water partition coefficient (Wildman–Crippen LogP) is 2.37. The third-order valence-electron chi connectivity index (χ3n) is 5.04. The predicted molar refractivity (Wildman–Crippen MR) is 79.3 cm³/mol. The van der Waals surface area contributed by atoms with Crippen LogP contribution >= 0.6 is 0 Å². The van der Waals surface area contributed by atoms with Crippen molar-refractivity contribution < 1.29 is 27.1 Å². The Kier molecular flexibility index (Phi) is 3.82. The third-order valence-corrected chi connectivity index (χ3v) is 6.47. The number of sulfone groups is 1. The zero-order valence-corrected chi connectivity index (χ0v) is 13.1. The van der Waals surface area contributed by atoms with E-state index < -0.39 is 31.9 Å². The Morgan fingerprint density at radius 1 is 1.35 bits per heavy atom. The van der Waals surface area contributed by atoms with Gasteiger partial charge in [-0.3, -0.25) is 4.79 Å². The molecule has 2 atom stereocenters. The molecule has 126 valence electrons. The highest BCUT2D eigenvalue weighted by molar-refractivity contribution is 7.91. The molecule has 1 heterocycles. The number of carboxylic acids is 1. The van der Waals surface area contributed by atoms with Crippen LogP contribution in [0.1, 0.15) is 19.3 Å². The molecular weight excluding hydrogens is 328 g/mol. The second-order valence-electron chi connectivity index (χ2n) is 6.20. The summed E-state index contributed by atoms with van der Waals surface area (Å²) >= 11 is 0. The van der Waals surface area contributed by atoms with E-state index in [9.17, 15) is 27.1 Å². The maximum absolute atomic E-state index is 12.9. The Labute approximate surface area is 132 Å². The van der Waals surface area contributed by atoms with Gasteiger partial charge >= 0.3 is 11.7 Å². The fourth-order valence-electron chi connectivity index (χ4n) is 3.88. The molecular formula is C15H17F2NO4S. The van der Waals surface area contributed by atoms with Crippen molar-refractivity contribution in [1.29, 1.82) is 0 Å². The summed E-state index contributed by atoms with van der Waals surface area (Å²) in [5.74, 6) is -4.47. The van der Waals surface area contributed by atoms with Crippen molar-refractivity contribution in [2.75, 3.05) is 18.0 Å². The molecule has 0 bridgehead atoms. The molecule has 5 nitrogen and oxygen atoms in total. The van der Waals surface area contributed by atoms with Crippen molar-refractivity contribution in [3.63, 3.8) is 0 Å². The molecule has 8 heteroatoms. The average Bonchev–Trinajstić information content (AvgIpc) is 3.04. The Morgan fingerprint density at radius 3 is 2.65 bits per heavy atom. The molecule has 3 rings (SSSR count). The Hall–Kier alpha value is -1.70. The van der Waals surface area contributed by atoms with Gasteiger partial charge in [0.05, 0.1) is 16.0 Å². The van der Waals surface area contributed by atoms with Crippen molar-refractivity contribution in [2.24, 2.45) is 11.3 Å². The topological polar surface area (TPSA) is 74.7 Å². The summed E-state index contributed by atoms with van der Waals surface area (Å²) in [7, 11) is -4.73. The van der Waals surface area contributed by atoms with Gasteiger partial charge in [0, 0.05) is 13.1 Å². The largest absolute Gasteiger partial charge is 0.481 e. The number of para-hydroxylation sites is 1. The van der Waals surface area contributed by atoms with Crippen LogP contribution in [0.2, 0.25) is 0 Å². The number of alkyl halides is 2. The first-order valence-corrected chi connectivity index (χ1v) is 8.93. The van der Waals surface area contributed by atoms with E-state index in [0.29, 0.717) is 13.0 Å². The molecule has 1 aliphatic heterocycles. The molecule has 2 aliphatic rings. The lowest BCUT2D eigenvalue weighted by molar-refractivity contribution is -0.149. The molecule has 23 heavy (non-hydrogen) atoms. The fourth-order valence-corrected chi connectivity index (χ4v) is 4.83. The minimum absolute atomic E-state index is 0.0812. The summed E-state index contributed by atoms with van der Waals surface area (Å²) in [5.41, 5.74) is -0.732. The van der Waals surface area contributed by atoms with E-state index >= 15 is 0 Å². The highest BCUT2D eigenvalue weighted by Gasteiger charge is 2.55. The highest BCUT2D eigenvalue weighted by atomic mass is 32.2. The smallest absolute Gasteiger partial charge is 0.341 e. The van der Waals surface area contributed by atoms with E-state index in [4.69, 9.17) is 0 Å². The van der Waals surface area contributed by atoms with Gasteiger partial charge < -0.3 is 10.0 Å². The van der Waals surface area contributed by atoms with E-state index in [-0.39, 0.29) is 18.2 Å². The lowest BCUT2D eigenvalue weighted by Gasteiger charge is -2.25. The Bertz CT molecular complexity index is 737. The molecule has 1 aromatic rings. The molecule has 0 amide bonds. The van der Waals surface area contributed by atoms with Crippen LogP contribution in [0.15, 0.2) is 29.2 Å². The first-order valence-electron chi connectivity index (χ1n) is 7.38. The highest BCUT2D eigenvalue weighted by Crippen LogP contribution is 2.50. The number of aliphatic carboxylic acids is 1. The van der Waals surface area contributed by atoms with Gasteiger partial charge in [-0.1, -0.05) is 18.6 Å². The standard InChI is InChI=1S/C15H17F2NO4S/c16-14(17)23(21,22)12-6-2-1-5-11(12)18-8-10-4-3-7-15(10,9-18)13(19)20/h1-2,5-6,10,14H,3-4,7-9H2,(H,19,20)/t10-,15+/m0/s1. The second kappa shape index (κ2) is 5.43. The fraction of sp³-hybridized carbons (Fsp3) is 0.533. The summed E-state index contributed by atoms with van der Waals surface area (Å²) < 4.78 is 49.6. The normalized spacial score (nSPS) is 27.4. The van der Waals surface area contributed by atoms with Crippen LogP contribution in [-0.4, -0.2) is 38.3 Å². The number of benzene rings is 1. The Morgan fingerprint density at radius 2 is 2.04 bits per heavy atom. The number of carboxylic acid groups (broad SMARTS) is 1. The first kappa shape index (κ1) is 16.2. The van der Waals surface area contributed by atoms with Gasteiger partial charge in [0.25, 0.3) is 0 Å². The van der Waals surface area contributed by atoms with Crippen molar-refractivity contribution >= 4 is 21.5 Å². The van der Waals surface area contributed by atoms with Crippen LogP contribution < -0.4 is 4.90 Å². The molecule has 1 aromatic carbocycles. The van der Waals surface area contributed by atoms with Crippen molar-refractivity contribution in [3.8, 4) is 0 Å². The van der Waals surface area contributed by atoms with Crippen LogP contribution in [0.25, 0.3) is 0 Å². The van der Waals surface area contributed by atoms with Crippen molar-refractivity contribution in [2.45, 2.75) is 29.9 Å². The third kappa shape index (κ3) is 2.39. The first-order chi connectivity index (χ1) is 10.8. The minimum Gasteiger partial charge on any atom is -0.481 e. The molecule has 1 saturated carbocycles. The molecule has 0 radical (unpaired) electrons. The monoisotopic (exact) mass is 345 g/mol. The number of rotatable bonds is 4. The number of carbonyl (C=O) groups is 1. The van der Waals surface area contributed by atoms with Gasteiger partial charge in [0.2, 0.25) is 9.84 Å². The number of halogens is 2. The average molecular weight is 345 g/mol. The van der Waals surface area contributed by atoms with Gasteiger partial charge in [-0.15, -0.1) is 0 Å². The number of anilines is 1. The summed E-state index contributed by atoms with van der Waals surface area (Å²) in [6.07, 6.45) is 2.11. The van der Waals surface area contributed by atoms with E-state index in [1.807, 2.05) is 0 Å². The quantitative estimate of drug-likeness (QED) is 0.907. The van der Waals surface area contributed by atoms with Gasteiger partial charge in [-0.2, -0.15) is 8.78 Å². The number of fused-ring (bicyclic) bond motifs is 1. The lowest BCUT2D eigenvalue weighted by Crippen LogP contribution is -2.36. The van der Waals surface area contributed by atoms with E-state index in [1.54, 1.807) is 11.0 Å². The van der Waals surface area contributed by atoms with Gasteiger partial charge in [-0.05, 0) is 30.9 Å². The minimum atomic E-state index is -4.73. The molecule has 1 N–H and O–H groups in total. The van der Waals surface area contributed by atoms with Gasteiger partial charge in [0.15, 0.2) is 0 Å². The van der Waals surface area contributed by atoms with E-state index in [0.717, 1.165) is 18.9 Å². The van der Waals surface area contributed by atoms with E-state index in [1.165, 1.54) is 12.1 Å². The Balaban J connectivity index is 2.01. The van der Waals surface area contributed by atoms with Crippen LogP contribution in [-0.2, 0) is 14.6 Å². The van der Waals surface area contributed by atoms with Crippen molar-refractivity contribution in [3.05, 3.63) is 24.3 Å². The van der Waals surface area contributed by atoms with Crippen LogP contribution in [0, 0.1) is 11.3 Å². The van der Waals surface area contributed by atoms with Crippen LogP contribution in [0.3, 0.4) is 0 Å². The molecule has 2 fully saturated rings. The maximum Gasteiger partial charge on any atom is 0.341 e. The molecule has 0 aromatic heterocycles. The van der Waals surface area contributed by atoms with E-state index in [2.05, 4.69) is 0 Å². The number of nitrogens with zero attached hydrogens (tertiary/aromatic N) is 1. The number of hydrogen-bond acceptors (Lipinski definition) is 4. The van der Waals surface area contributed by atoms with Gasteiger partial charge in [-0.25, -0.2) is 8.42 Å². The van der Waals surface area contributed by atoms with Crippen LogP contribution in [0.5, 0.6) is 0 Å². The molecule has 0 unspecified atom stereocenters. The van der Waals surface area contributed by atoms with Gasteiger partial charge in [0.1, 0.15) is 0 Å². The maximum atomic E-state index is 12.9. The molecule has 1 aliphatic carbocycles. The molecule has 1 saturated heterocycles. The summed E-state index contributed by atoms with van der Waals surface area (Å²) in [6.45, 7) is 0.533. The summed E-state index contributed by atoms with van der Waals surface area (Å²) in [5, 5.41) is 9.59. The molecule has 0 spiro atoms. The zero-order chi connectivity index (χ0) is 16.8. The SMILES string of the molecule is O=C(O)[C@@]12CCC[C@H]1CN(c1ccccc1S(=O)(=O)C(F)F)C2. The summed E-state index contributed by atoms with van der Waals surface area (Å²) in [6, 6.07) is 5.58. The zero-order valence-electron chi connectivity index (χ0n) is 12.3. The number of hydrogen-bond donors (Lipinski definition) is 1. The second-order valence-corrected chi connectivity index (χ2v) is 8.09. The van der Waals surface area contributed by atoms with Crippen LogP contribution in [0.4, 0.5) is 14.5 Å². The van der Waals surface area contributed by atoms with Crippen molar-refractivity contribution in [1.82, 2.24) is 0 Å². The summed E-state index contributed by atoms with van der Waals surface area (Å²) in [4.78, 5) is 12.9.